The smallest absolute Gasteiger partial charge is 0.326 e. The summed E-state index contributed by atoms with van der Waals surface area (Å²) >= 11 is 0. The van der Waals surface area contributed by atoms with Crippen LogP contribution < -0.4 is 5.32 Å². The summed E-state index contributed by atoms with van der Waals surface area (Å²) in [4.78, 5) is 23.2. The molecule has 2 unspecified atom stereocenters. The number of amides is 1. The molecular weight excluding hydrogens is 242 g/mol. The van der Waals surface area contributed by atoms with Gasteiger partial charge in [0.1, 0.15) is 6.04 Å². The first kappa shape index (κ1) is 13.6. The molecule has 19 heavy (non-hydrogen) atoms. The van der Waals surface area contributed by atoms with E-state index in [1.165, 1.54) is 0 Å². The molecule has 1 aromatic rings. The maximum Gasteiger partial charge on any atom is 0.326 e. The van der Waals surface area contributed by atoms with Crippen LogP contribution in [-0.4, -0.2) is 23.0 Å². The minimum Gasteiger partial charge on any atom is -0.480 e. The van der Waals surface area contributed by atoms with Gasteiger partial charge in [-0.3, -0.25) is 4.79 Å². The van der Waals surface area contributed by atoms with E-state index in [0.717, 1.165) is 18.4 Å². The minimum atomic E-state index is -0.944. The van der Waals surface area contributed by atoms with Crippen molar-refractivity contribution in [2.24, 2.45) is 5.92 Å². The van der Waals surface area contributed by atoms with Crippen LogP contribution in [0.2, 0.25) is 0 Å². The molecule has 0 heterocycles. The van der Waals surface area contributed by atoms with Crippen molar-refractivity contribution in [2.75, 3.05) is 0 Å². The van der Waals surface area contributed by atoms with Gasteiger partial charge in [-0.1, -0.05) is 43.2 Å². The Balaban J connectivity index is 1.96. The number of aliphatic carboxylic acids is 1. The van der Waals surface area contributed by atoms with E-state index in [1.807, 2.05) is 30.3 Å². The predicted octanol–water partition coefficient (Wildman–Crippen LogP) is 2.16. The number of carbonyl (C=O) groups excluding carboxylic acids is 1. The summed E-state index contributed by atoms with van der Waals surface area (Å²) in [5.41, 5.74) is 0.899. The maximum absolute atomic E-state index is 12.1. The molecule has 2 atom stereocenters. The molecule has 0 saturated heterocycles. The number of carboxylic acid groups (broad SMARTS) is 1. The Hall–Kier alpha value is -1.84. The molecule has 0 aliphatic heterocycles. The molecule has 1 amide bonds. The molecule has 4 nitrogen and oxygen atoms in total. The molecule has 0 bridgehead atoms. The van der Waals surface area contributed by atoms with Gasteiger partial charge < -0.3 is 10.4 Å². The van der Waals surface area contributed by atoms with Gasteiger partial charge in [-0.25, -0.2) is 4.79 Å². The number of benzene rings is 1. The molecule has 2 rings (SSSR count). The topological polar surface area (TPSA) is 66.4 Å². The molecule has 1 aliphatic carbocycles. The Bertz CT molecular complexity index is 454. The van der Waals surface area contributed by atoms with Gasteiger partial charge in [0, 0.05) is 0 Å². The van der Waals surface area contributed by atoms with Crippen molar-refractivity contribution in [3.63, 3.8) is 0 Å². The van der Waals surface area contributed by atoms with Crippen LogP contribution >= 0.6 is 0 Å². The van der Waals surface area contributed by atoms with Crippen LogP contribution in [0.3, 0.4) is 0 Å². The summed E-state index contributed by atoms with van der Waals surface area (Å²) in [7, 11) is 0. The Morgan fingerprint density at radius 2 is 1.95 bits per heavy atom. The fourth-order valence-corrected chi connectivity index (χ4v) is 2.10. The Morgan fingerprint density at radius 1 is 1.32 bits per heavy atom. The van der Waals surface area contributed by atoms with Crippen LogP contribution in [0.25, 0.3) is 0 Å². The van der Waals surface area contributed by atoms with Crippen molar-refractivity contribution in [3.8, 4) is 0 Å². The second-order valence-corrected chi connectivity index (χ2v) is 5.21. The van der Waals surface area contributed by atoms with E-state index in [0.29, 0.717) is 12.3 Å². The van der Waals surface area contributed by atoms with Crippen molar-refractivity contribution >= 4 is 11.9 Å². The Labute approximate surface area is 112 Å². The lowest BCUT2D eigenvalue weighted by molar-refractivity contribution is -0.142. The van der Waals surface area contributed by atoms with E-state index < -0.39 is 12.0 Å². The number of rotatable bonds is 6. The first-order chi connectivity index (χ1) is 9.08. The second-order valence-electron chi connectivity index (χ2n) is 5.21. The summed E-state index contributed by atoms with van der Waals surface area (Å²) in [6, 6.07) is 8.63. The van der Waals surface area contributed by atoms with Crippen LogP contribution in [0.4, 0.5) is 0 Å². The van der Waals surface area contributed by atoms with Crippen molar-refractivity contribution in [1.29, 1.82) is 0 Å². The highest BCUT2D eigenvalue weighted by Gasteiger charge is 2.31. The van der Waals surface area contributed by atoms with Gasteiger partial charge in [0.05, 0.1) is 5.92 Å². The molecule has 0 radical (unpaired) electrons. The van der Waals surface area contributed by atoms with Crippen LogP contribution in [0.1, 0.15) is 37.7 Å². The second kappa shape index (κ2) is 5.87. The average molecular weight is 261 g/mol. The molecule has 1 fully saturated rings. The molecule has 2 N–H and O–H groups in total. The SMILES string of the molecule is CC(C(=O)NC(CC1CC1)C(=O)O)c1ccccc1. The number of hydrogen-bond donors (Lipinski definition) is 2. The molecule has 0 aromatic heterocycles. The zero-order chi connectivity index (χ0) is 13.8. The van der Waals surface area contributed by atoms with Gasteiger partial charge in [-0.15, -0.1) is 0 Å². The predicted molar refractivity (Wildman–Crippen MR) is 71.8 cm³/mol. The number of nitrogens with one attached hydrogen (secondary N) is 1. The minimum absolute atomic E-state index is 0.223. The van der Waals surface area contributed by atoms with E-state index in [1.54, 1.807) is 6.92 Å². The van der Waals surface area contributed by atoms with Crippen molar-refractivity contribution < 1.29 is 14.7 Å². The van der Waals surface area contributed by atoms with Gasteiger partial charge in [0.25, 0.3) is 0 Å². The highest BCUT2D eigenvalue weighted by atomic mass is 16.4. The van der Waals surface area contributed by atoms with Gasteiger partial charge in [0.2, 0.25) is 5.91 Å². The third-order valence-corrected chi connectivity index (χ3v) is 3.57. The van der Waals surface area contributed by atoms with Gasteiger partial charge >= 0.3 is 5.97 Å². The van der Waals surface area contributed by atoms with Crippen LogP contribution in [0, 0.1) is 5.92 Å². The monoisotopic (exact) mass is 261 g/mol. The lowest BCUT2D eigenvalue weighted by atomic mass is 9.99. The summed E-state index contributed by atoms with van der Waals surface area (Å²) in [6.07, 6.45) is 2.70. The maximum atomic E-state index is 12.1. The standard InChI is InChI=1S/C15H19NO3/c1-10(12-5-3-2-4-6-12)14(17)16-13(15(18)19)9-11-7-8-11/h2-6,10-11,13H,7-9H2,1H3,(H,16,17)(H,18,19). The zero-order valence-corrected chi connectivity index (χ0v) is 11.0. The first-order valence-electron chi connectivity index (χ1n) is 6.66. The fraction of sp³-hybridized carbons (Fsp3) is 0.467. The van der Waals surface area contributed by atoms with Crippen LogP contribution in [-0.2, 0) is 9.59 Å². The van der Waals surface area contributed by atoms with Crippen LogP contribution in [0.5, 0.6) is 0 Å². The van der Waals surface area contributed by atoms with E-state index in [4.69, 9.17) is 5.11 Å². The van der Waals surface area contributed by atoms with E-state index in [9.17, 15) is 9.59 Å². The number of hydrogen-bond acceptors (Lipinski definition) is 2. The molecule has 0 spiro atoms. The van der Waals surface area contributed by atoms with E-state index >= 15 is 0 Å². The zero-order valence-electron chi connectivity index (χ0n) is 11.0. The third kappa shape index (κ3) is 3.81. The van der Waals surface area contributed by atoms with Gasteiger partial charge in [0.15, 0.2) is 0 Å². The molecule has 1 aromatic carbocycles. The Kier molecular flexibility index (Phi) is 4.20. The Morgan fingerprint density at radius 3 is 2.47 bits per heavy atom. The summed E-state index contributed by atoms with van der Waals surface area (Å²) < 4.78 is 0. The first-order valence-corrected chi connectivity index (χ1v) is 6.66. The molecule has 4 heteroatoms. The average Bonchev–Trinajstić information content (AvgIpc) is 3.22. The van der Waals surface area contributed by atoms with E-state index in [-0.39, 0.29) is 11.8 Å². The lowest BCUT2D eigenvalue weighted by Gasteiger charge is -2.18. The fourth-order valence-electron chi connectivity index (χ4n) is 2.10. The molecule has 1 aliphatic rings. The molecule has 1 saturated carbocycles. The summed E-state index contributed by atoms with van der Waals surface area (Å²) in [6.45, 7) is 1.79. The lowest BCUT2D eigenvalue weighted by Crippen LogP contribution is -2.42. The number of carbonyl (C=O) groups is 2. The van der Waals surface area contributed by atoms with Crippen molar-refractivity contribution in [3.05, 3.63) is 35.9 Å². The summed E-state index contributed by atoms with van der Waals surface area (Å²) in [5, 5.41) is 11.8. The quantitative estimate of drug-likeness (QED) is 0.824. The number of carboxylic acids is 1. The van der Waals surface area contributed by atoms with E-state index in [2.05, 4.69) is 5.32 Å². The van der Waals surface area contributed by atoms with Crippen molar-refractivity contribution in [1.82, 2.24) is 5.32 Å². The van der Waals surface area contributed by atoms with Gasteiger partial charge in [-0.2, -0.15) is 0 Å². The van der Waals surface area contributed by atoms with Crippen molar-refractivity contribution in [2.45, 2.75) is 38.1 Å². The highest BCUT2D eigenvalue weighted by molar-refractivity contribution is 5.87. The third-order valence-electron chi connectivity index (χ3n) is 3.57. The summed E-state index contributed by atoms with van der Waals surface area (Å²) in [5.74, 6) is -1.03. The van der Waals surface area contributed by atoms with Crippen LogP contribution in [0.15, 0.2) is 30.3 Å². The normalized spacial score (nSPS) is 17.5. The molecule has 102 valence electrons. The largest absolute Gasteiger partial charge is 0.480 e. The van der Waals surface area contributed by atoms with Gasteiger partial charge in [-0.05, 0) is 24.8 Å². The molecular formula is C15H19NO3. The highest BCUT2D eigenvalue weighted by Crippen LogP contribution is 2.33.